The van der Waals surface area contributed by atoms with Gasteiger partial charge in [0.25, 0.3) is 0 Å². The van der Waals surface area contributed by atoms with Gasteiger partial charge in [-0.3, -0.25) is 0 Å². The van der Waals surface area contributed by atoms with Gasteiger partial charge in [-0.05, 0) is 26.0 Å². The van der Waals surface area contributed by atoms with Crippen molar-refractivity contribution in [2.45, 2.75) is 37.2 Å². The largest absolute Gasteiger partial charge is 0.327 e. The number of nitrogens with zero attached hydrogens (tertiary/aromatic N) is 3. The van der Waals surface area contributed by atoms with Gasteiger partial charge in [0.15, 0.2) is 0 Å². The standard InChI is InChI=1S/C14H19FN4S/c1-10(2)19-14(17-9-18-19)7-11(16)8-20-13-6-4-3-5-12(13)15/h3-6,9-11H,7-8,16H2,1-2H3. The zero-order chi connectivity index (χ0) is 14.5. The van der Waals surface area contributed by atoms with Crippen molar-refractivity contribution in [1.82, 2.24) is 14.8 Å². The van der Waals surface area contributed by atoms with Crippen molar-refractivity contribution in [3.8, 4) is 0 Å². The second-order valence-corrected chi connectivity index (χ2v) is 5.98. The van der Waals surface area contributed by atoms with E-state index >= 15 is 0 Å². The van der Waals surface area contributed by atoms with Crippen LogP contribution in [0.25, 0.3) is 0 Å². The number of aromatic nitrogens is 3. The average Bonchev–Trinajstić information content (AvgIpc) is 2.86. The molecule has 2 rings (SSSR count). The molecular weight excluding hydrogens is 275 g/mol. The SMILES string of the molecule is CC(C)n1ncnc1CC(N)CSc1ccccc1F. The molecule has 0 spiro atoms. The van der Waals surface area contributed by atoms with Gasteiger partial charge in [0.05, 0.1) is 0 Å². The zero-order valence-electron chi connectivity index (χ0n) is 11.7. The maximum atomic E-state index is 13.5. The van der Waals surface area contributed by atoms with E-state index in [1.54, 1.807) is 18.5 Å². The van der Waals surface area contributed by atoms with Crippen LogP contribution in [0.5, 0.6) is 0 Å². The van der Waals surface area contributed by atoms with Gasteiger partial charge in [-0.15, -0.1) is 11.8 Å². The normalized spacial score (nSPS) is 12.8. The lowest BCUT2D eigenvalue weighted by Gasteiger charge is -2.14. The predicted molar refractivity (Wildman–Crippen MR) is 79.2 cm³/mol. The molecule has 108 valence electrons. The Morgan fingerprint density at radius 2 is 2.10 bits per heavy atom. The Bertz CT molecular complexity index is 556. The van der Waals surface area contributed by atoms with Crippen LogP contribution in [0.3, 0.4) is 0 Å². The van der Waals surface area contributed by atoms with Crippen molar-refractivity contribution in [2.75, 3.05) is 5.75 Å². The molecule has 0 saturated heterocycles. The summed E-state index contributed by atoms with van der Waals surface area (Å²) >= 11 is 1.43. The van der Waals surface area contributed by atoms with Crippen LogP contribution >= 0.6 is 11.8 Å². The minimum Gasteiger partial charge on any atom is -0.327 e. The molecule has 0 radical (unpaired) electrons. The molecule has 1 aromatic heterocycles. The molecule has 0 aliphatic carbocycles. The van der Waals surface area contributed by atoms with Crippen LogP contribution in [0.15, 0.2) is 35.5 Å². The summed E-state index contributed by atoms with van der Waals surface area (Å²) in [6, 6.07) is 6.92. The lowest BCUT2D eigenvalue weighted by Crippen LogP contribution is -2.27. The number of halogens is 1. The molecule has 4 nitrogen and oxygen atoms in total. The molecule has 2 aromatic rings. The highest BCUT2D eigenvalue weighted by atomic mass is 32.2. The van der Waals surface area contributed by atoms with Crippen molar-refractivity contribution < 1.29 is 4.39 Å². The van der Waals surface area contributed by atoms with Gasteiger partial charge in [0.2, 0.25) is 0 Å². The van der Waals surface area contributed by atoms with Crippen molar-refractivity contribution in [2.24, 2.45) is 5.73 Å². The van der Waals surface area contributed by atoms with Crippen molar-refractivity contribution in [3.63, 3.8) is 0 Å². The van der Waals surface area contributed by atoms with Crippen molar-refractivity contribution in [3.05, 3.63) is 42.2 Å². The van der Waals surface area contributed by atoms with E-state index < -0.39 is 0 Å². The molecule has 2 N–H and O–H groups in total. The summed E-state index contributed by atoms with van der Waals surface area (Å²) in [4.78, 5) is 4.87. The molecule has 0 aliphatic rings. The van der Waals surface area contributed by atoms with Crippen LogP contribution in [-0.2, 0) is 6.42 Å². The highest BCUT2D eigenvalue weighted by molar-refractivity contribution is 7.99. The third-order valence-electron chi connectivity index (χ3n) is 2.87. The van der Waals surface area contributed by atoms with Gasteiger partial charge in [-0.1, -0.05) is 12.1 Å². The van der Waals surface area contributed by atoms with Crippen LogP contribution in [0.4, 0.5) is 4.39 Å². The maximum Gasteiger partial charge on any atom is 0.138 e. The Hall–Kier alpha value is -1.40. The van der Waals surface area contributed by atoms with Crippen LogP contribution in [0, 0.1) is 5.82 Å². The summed E-state index contributed by atoms with van der Waals surface area (Å²) in [5.74, 6) is 1.32. The minimum absolute atomic E-state index is 0.0821. The first-order chi connectivity index (χ1) is 9.58. The smallest absolute Gasteiger partial charge is 0.138 e. The average molecular weight is 294 g/mol. The second kappa shape index (κ2) is 6.85. The molecule has 1 unspecified atom stereocenters. The third-order valence-corrected chi connectivity index (χ3v) is 4.11. The number of benzene rings is 1. The Kier molecular flexibility index (Phi) is 5.14. The summed E-state index contributed by atoms with van der Waals surface area (Å²) < 4.78 is 15.4. The molecule has 0 aliphatic heterocycles. The molecule has 0 fully saturated rings. The summed E-state index contributed by atoms with van der Waals surface area (Å²) in [6.07, 6.45) is 2.19. The van der Waals surface area contributed by atoms with Crippen LogP contribution < -0.4 is 5.73 Å². The van der Waals surface area contributed by atoms with Gasteiger partial charge in [-0.25, -0.2) is 14.1 Å². The van der Waals surface area contributed by atoms with E-state index in [-0.39, 0.29) is 17.9 Å². The zero-order valence-corrected chi connectivity index (χ0v) is 12.5. The Morgan fingerprint density at radius 1 is 1.35 bits per heavy atom. The Balaban J connectivity index is 1.91. The molecule has 20 heavy (non-hydrogen) atoms. The van der Waals surface area contributed by atoms with Crippen molar-refractivity contribution in [1.29, 1.82) is 0 Å². The molecule has 1 heterocycles. The number of nitrogens with two attached hydrogens (primary N) is 1. The van der Waals surface area contributed by atoms with Gasteiger partial charge < -0.3 is 5.73 Å². The first-order valence-corrected chi connectivity index (χ1v) is 7.57. The number of thioether (sulfide) groups is 1. The van der Waals surface area contributed by atoms with E-state index in [0.717, 1.165) is 5.82 Å². The fourth-order valence-corrected chi connectivity index (χ4v) is 2.80. The van der Waals surface area contributed by atoms with E-state index in [9.17, 15) is 4.39 Å². The maximum absolute atomic E-state index is 13.5. The van der Waals surface area contributed by atoms with Gasteiger partial charge >= 0.3 is 0 Å². The molecule has 6 heteroatoms. The molecule has 1 atom stereocenters. The number of hydrogen-bond acceptors (Lipinski definition) is 4. The van der Waals surface area contributed by atoms with E-state index in [2.05, 4.69) is 23.9 Å². The molecule has 0 bridgehead atoms. The van der Waals surface area contributed by atoms with Gasteiger partial charge in [0, 0.05) is 29.2 Å². The number of hydrogen-bond donors (Lipinski definition) is 1. The monoisotopic (exact) mass is 294 g/mol. The Labute approximate surface area is 122 Å². The number of rotatable bonds is 6. The minimum atomic E-state index is -0.199. The lowest BCUT2D eigenvalue weighted by molar-refractivity contribution is 0.496. The lowest BCUT2D eigenvalue weighted by atomic mass is 10.2. The van der Waals surface area contributed by atoms with Gasteiger partial charge in [0.1, 0.15) is 18.0 Å². The highest BCUT2D eigenvalue weighted by Gasteiger charge is 2.13. The van der Waals surface area contributed by atoms with E-state index in [1.807, 2.05) is 10.7 Å². The first kappa shape index (κ1) is 15.0. The summed E-state index contributed by atoms with van der Waals surface area (Å²) in [6.45, 7) is 4.11. The molecular formula is C14H19FN4S. The predicted octanol–water partition coefficient (Wildman–Crippen LogP) is 2.66. The fraction of sp³-hybridized carbons (Fsp3) is 0.429. The summed E-state index contributed by atoms with van der Waals surface area (Å²) in [5, 5.41) is 4.18. The third kappa shape index (κ3) is 3.80. The first-order valence-electron chi connectivity index (χ1n) is 6.59. The van der Waals surface area contributed by atoms with E-state index in [0.29, 0.717) is 17.1 Å². The second-order valence-electron chi connectivity index (χ2n) is 4.92. The summed E-state index contributed by atoms with van der Waals surface area (Å²) in [7, 11) is 0. The van der Waals surface area contributed by atoms with Gasteiger partial charge in [-0.2, -0.15) is 5.10 Å². The quantitative estimate of drug-likeness (QED) is 0.832. The fourth-order valence-electron chi connectivity index (χ4n) is 1.90. The van der Waals surface area contributed by atoms with Crippen LogP contribution in [0.1, 0.15) is 25.7 Å². The molecule has 1 aromatic carbocycles. The molecule has 0 saturated carbocycles. The van der Waals surface area contributed by atoms with E-state index in [1.165, 1.54) is 17.8 Å². The van der Waals surface area contributed by atoms with Crippen LogP contribution in [-0.4, -0.2) is 26.6 Å². The topological polar surface area (TPSA) is 56.7 Å². The molecule has 0 amide bonds. The van der Waals surface area contributed by atoms with Crippen LogP contribution in [0.2, 0.25) is 0 Å². The Morgan fingerprint density at radius 3 is 2.80 bits per heavy atom. The van der Waals surface area contributed by atoms with E-state index in [4.69, 9.17) is 5.73 Å². The summed E-state index contributed by atoms with van der Waals surface area (Å²) in [5.41, 5.74) is 6.11. The highest BCUT2D eigenvalue weighted by Crippen LogP contribution is 2.22. The van der Waals surface area contributed by atoms with Crippen molar-refractivity contribution >= 4 is 11.8 Å².